The van der Waals surface area contributed by atoms with Gasteiger partial charge in [0.2, 0.25) is 0 Å². The smallest absolute Gasteiger partial charge is 0.191 e. The maximum absolute atomic E-state index is 12.8. The Bertz CT molecular complexity index is 520. The molecule has 1 heterocycles. The van der Waals surface area contributed by atoms with Crippen LogP contribution in [0.3, 0.4) is 0 Å². The normalized spacial score (nSPS) is 11.4. The van der Waals surface area contributed by atoms with Crippen molar-refractivity contribution in [2.75, 3.05) is 7.05 Å². The van der Waals surface area contributed by atoms with Gasteiger partial charge in [-0.1, -0.05) is 12.1 Å². The number of guanidine groups is 1. The summed E-state index contributed by atoms with van der Waals surface area (Å²) in [6, 6.07) is 8.50. The third-order valence-corrected chi connectivity index (χ3v) is 3.37. The summed E-state index contributed by atoms with van der Waals surface area (Å²) in [5.41, 5.74) is 2.25. The number of nitrogens with one attached hydrogen (secondary N) is 2. The Hall–Kier alpha value is -1.88. The van der Waals surface area contributed by atoms with Crippen molar-refractivity contribution in [2.45, 2.75) is 13.1 Å². The monoisotopic (exact) mass is 277 g/mol. The quantitative estimate of drug-likeness (QED) is 0.666. The number of hydrogen-bond acceptors (Lipinski definition) is 2. The van der Waals surface area contributed by atoms with E-state index in [1.54, 1.807) is 30.5 Å². The molecular formula is C14H16FN3S. The van der Waals surface area contributed by atoms with E-state index < -0.39 is 0 Å². The van der Waals surface area contributed by atoms with E-state index in [-0.39, 0.29) is 5.82 Å². The number of benzene rings is 1. The van der Waals surface area contributed by atoms with E-state index in [2.05, 4.69) is 27.1 Å². The molecule has 1 aromatic heterocycles. The lowest BCUT2D eigenvalue weighted by atomic mass is 10.2. The van der Waals surface area contributed by atoms with E-state index >= 15 is 0 Å². The van der Waals surface area contributed by atoms with Crippen molar-refractivity contribution in [3.63, 3.8) is 0 Å². The fourth-order valence-corrected chi connectivity index (χ4v) is 2.26. The fourth-order valence-electron chi connectivity index (χ4n) is 1.59. The van der Waals surface area contributed by atoms with Crippen molar-refractivity contribution >= 4 is 17.3 Å². The predicted octanol–water partition coefficient (Wildman–Crippen LogP) is 2.75. The van der Waals surface area contributed by atoms with Gasteiger partial charge in [-0.3, -0.25) is 4.99 Å². The Kier molecular flexibility index (Phi) is 4.92. The Morgan fingerprint density at radius 3 is 2.37 bits per heavy atom. The molecule has 2 rings (SSSR count). The van der Waals surface area contributed by atoms with Gasteiger partial charge in [-0.2, -0.15) is 11.3 Å². The summed E-state index contributed by atoms with van der Waals surface area (Å²) >= 11 is 1.67. The van der Waals surface area contributed by atoms with Crippen LogP contribution in [-0.4, -0.2) is 13.0 Å². The topological polar surface area (TPSA) is 36.4 Å². The van der Waals surface area contributed by atoms with Crippen molar-refractivity contribution in [2.24, 2.45) is 4.99 Å². The molecular weight excluding hydrogens is 261 g/mol. The highest BCUT2D eigenvalue weighted by atomic mass is 32.1. The van der Waals surface area contributed by atoms with Gasteiger partial charge in [0.1, 0.15) is 5.82 Å². The third kappa shape index (κ3) is 4.37. The second-order valence-electron chi connectivity index (χ2n) is 4.04. The number of aliphatic imine (C=N–C) groups is 1. The van der Waals surface area contributed by atoms with E-state index in [0.717, 1.165) is 18.1 Å². The zero-order valence-corrected chi connectivity index (χ0v) is 11.5. The van der Waals surface area contributed by atoms with Gasteiger partial charge in [-0.25, -0.2) is 4.39 Å². The molecule has 1 aromatic carbocycles. The standard InChI is InChI=1S/C14H16FN3S/c1-16-14(18-9-12-6-7-19-10-12)17-8-11-2-4-13(15)5-3-11/h2-7,10H,8-9H2,1H3,(H2,16,17,18). The maximum atomic E-state index is 12.8. The molecule has 2 aromatic rings. The van der Waals surface area contributed by atoms with Crippen LogP contribution in [0.4, 0.5) is 4.39 Å². The van der Waals surface area contributed by atoms with Crippen LogP contribution in [0, 0.1) is 5.82 Å². The molecule has 100 valence electrons. The van der Waals surface area contributed by atoms with Gasteiger partial charge >= 0.3 is 0 Å². The molecule has 0 amide bonds. The zero-order valence-electron chi connectivity index (χ0n) is 10.7. The van der Waals surface area contributed by atoms with Gasteiger partial charge in [0.05, 0.1) is 0 Å². The van der Waals surface area contributed by atoms with Crippen molar-refractivity contribution in [1.82, 2.24) is 10.6 Å². The second-order valence-corrected chi connectivity index (χ2v) is 4.82. The van der Waals surface area contributed by atoms with E-state index in [1.807, 2.05) is 5.38 Å². The van der Waals surface area contributed by atoms with Crippen LogP contribution in [0.25, 0.3) is 0 Å². The first-order valence-electron chi connectivity index (χ1n) is 5.98. The molecule has 0 fully saturated rings. The van der Waals surface area contributed by atoms with E-state index in [1.165, 1.54) is 17.7 Å². The Labute approximate surface area is 116 Å². The van der Waals surface area contributed by atoms with Crippen LogP contribution >= 0.6 is 11.3 Å². The summed E-state index contributed by atoms with van der Waals surface area (Å²) in [5.74, 6) is 0.513. The SMILES string of the molecule is CN=C(NCc1ccc(F)cc1)NCc1ccsc1. The molecule has 0 bridgehead atoms. The van der Waals surface area contributed by atoms with Gasteiger partial charge < -0.3 is 10.6 Å². The van der Waals surface area contributed by atoms with Gasteiger partial charge in [0.15, 0.2) is 5.96 Å². The molecule has 0 unspecified atom stereocenters. The lowest BCUT2D eigenvalue weighted by Gasteiger charge is -2.11. The summed E-state index contributed by atoms with van der Waals surface area (Å²) < 4.78 is 12.8. The average Bonchev–Trinajstić information content (AvgIpc) is 2.94. The van der Waals surface area contributed by atoms with E-state index in [0.29, 0.717) is 6.54 Å². The molecule has 0 spiro atoms. The largest absolute Gasteiger partial charge is 0.352 e. The first-order chi connectivity index (χ1) is 9.28. The number of hydrogen-bond donors (Lipinski definition) is 2. The molecule has 0 saturated carbocycles. The van der Waals surface area contributed by atoms with Crippen LogP contribution in [0.2, 0.25) is 0 Å². The summed E-state index contributed by atoms with van der Waals surface area (Å²) in [6.07, 6.45) is 0. The Balaban J connectivity index is 1.81. The fraction of sp³-hybridized carbons (Fsp3) is 0.214. The highest BCUT2D eigenvalue weighted by Gasteiger charge is 1.99. The minimum absolute atomic E-state index is 0.219. The molecule has 19 heavy (non-hydrogen) atoms. The first kappa shape index (κ1) is 13.5. The van der Waals surface area contributed by atoms with Crippen LogP contribution < -0.4 is 10.6 Å². The van der Waals surface area contributed by atoms with Crippen LogP contribution in [0.15, 0.2) is 46.1 Å². The lowest BCUT2D eigenvalue weighted by Crippen LogP contribution is -2.36. The zero-order chi connectivity index (χ0) is 13.5. The lowest BCUT2D eigenvalue weighted by molar-refractivity contribution is 0.626. The van der Waals surface area contributed by atoms with Crippen molar-refractivity contribution in [3.8, 4) is 0 Å². The van der Waals surface area contributed by atoms with E-state index in [4.69, 9.17) is 0 Å². The first-order valence-corrected chi connectivity index (χ1v) is 6.92. The van der Waals surface area contributed by atoms with Crippen molar-refractivity contribution in [3.05, 3.63) is 58.0 Å². The molecule has 0 radical (unpaired) electrons. The van der Waals surface area contributed by atoms with Crippen molar-refractivity contribution in [1.29, 1.82) is 0 Å². The minimum Gasteiger partial charge on any atom is -0.352 e. The summed E-state index contributed by atoms with van der Waals surface area (Å²) in [4.78, 5) is 4.14. The van der Waals surface area contributed by atoms with Crippen LogP contribution in [0.1, 0.15) is 11.1 Å². The predicted molar refractivity (Wildman–Crippen MR) is 77.8 cm³/mol. The highest BCUT2D eigenvalue weighted by Crippen LogP contribution is 2.05. The van der Waals surface area contributed by atoms with E-state index in [9.17, 15) is 4.39 Å². The van der Waals surface area contributed by atoms with Gasteiger partial charge in [-0.05, 0) is 40.1 Å². The number of nitrogens with zero attached hydrogens (tertiary/aromatic N) is 1. The van der Waals surface area contributed by atoms with Gasteiger partial charge in [0.25, 0.3) is 0 Å². The highest BCUT2D eigenvalue weighted by molar-refractivity contribution is 7.07. The molecule has 0 saturated heterocycles. The molecule has 2 N–H and O–H groups in total. The van der Waals surface area contributed by atoms with Crippen LogP contribution in [-0.2, 0) is 13.1 Å². The van der Waals surface area contributed by atoms with Crippen LogP contribution in [0.5, 0.6) is 0 Å². The van der Waals surface area contributed by atoms with Gasteiger partial charge in [-0.15, -0.1) is 0 Å². The Morgan fingerprint density at radius 1 is 1.11 bits per heavy atom. The number of thiophene rings is 1. The summed E-state index contributed by atoms with van der Waals surface area (Å²) in [5, 5.41) is 10.6. The minimum atomic E-state index is -0.219. The molecule has 0 aliphatic heterocycles. The Morgan fingerprint density at radius 2 is 1.79 bits per heavy atom. The molecule has 5 heteroatoms. The van der Waals surface area contributed by atoms with Crippen molar-refractivity contribution < 1.29 is 4.39 Å². The molecule has 3 nitrogen and oxygen atoms in total. The van der Waals surface area contributed by atoms with Gasteiger partial charge in [0, 0.05) is 20.1 Å². The second kappa shape index (κ2) is 6.89. The third-order valence-electron chi connectivity index (χ3n) is 2.64. The summed E-state index contributed by atoms with van der Waals surface area (Å²) in [6.45, 7) is 1.36. The maximum Gasteiger partial charge on any atom is 0.191 e. The molecule has 0 aliphatic carbocycles. The molecule has 0 aliphatic rings. The average molecular weight is 277 g/mol. The molecule has 0 atom stereocenters. The summed E-state index contributed by atoms with van der Waals surface area (Å²) in [7, 11) is 1.73. The number of rotatable bonds is 4. The number of halogens is 1.